The van der Waals surface area contributed by atoms with Crippen molar-refractivity contribution in [1.29, 1.82) is 0 Å². The zero-order chi connectivity index (χ0) is 16.4. The highest BCUT2D eigenvalue weighted by Gasteiger charge is 2.14. The van der Waals surface area contributed by atoms with Crippen molar-refractivity contribution in [2.45, 2.75) is 17.7 Å². The van der Waals surface area contributed by atoms with Crippen LogP contribution in [0.5, 0.6) is 5.75 Å². The Kier molecular flexibility index (Phi) is 7.86. The maximum absolute atomic E-state index is 12.0. The van der Waals surface area contributed by atoms with Gasteiger partial charge in [-0.1, -0.05) is 0 Å². The minimum Gasteiger partial charge on any atom is -0.497 e. The standard InChI is InChI=1S/C14H22N2O5S/c1-20-11-3-9-15-14(17)8-10-16-22(18,19)13-6-4-12(21-2)5-7-13/h4-7,16H,3,8-11H2,1-2H3,(H,15,17). The molecule has 0 radical (unpaired) electrons. The molecule has 0 aliphatic carbocycles. The fourth-order valence-corrected chi connectivity index (χ4v) is 2.70. The van der Waals surface area contributed by atoms with Crippen molar-refractivity contribution in [2.24, 2.45) is 0 Å². The van der Waals surface area contributed by atoms with E-state index in [1.807, 2.05) is 0 Å². The van der Waals surface area contributed by atoms with E-state index in [0.717, 1.165) is 6.42 Å². The molecule has 8 heteroatoms. The molecule has 1 rings (SSSR count). The predicted molar refractivity (Wildman–Crippen MR) is 82.3 cm³/mol. The van der Waals surface area contributed by atoms with Crippen molar-refractivity contribution >= 4 is 15.9 Å². The Morgan fingerprint density at radius 3 is 2.41 bits per heavy atom. The maximum Gasteiger partial charge on any atom is 0.240 e. The van der Waals surface area contributed by atoms with Crippen molar-refractivity contribution in [1.82, 2.24) is 10.0 Å². The number of hydrogen-bond acceptors (Lipinski definition) is 5. The van der Waals surface area contributed by atoms with Gasteiger partial charge in [-0.25, -0.2) is 13.1 Å². The molecule has 2 N–H and O–H groups in total. The molecule has 7 nitrogen and oxygen atoms in total. The van der Waals surface area contributed by atoms with Crippen LogP contribution in [0, 0.1) is 0 Å². The SMILES string of the molecule is COCCCNC(=O)CCNS(=O)(=O)c1ccc(OC)cc1. The minimum absolute atomic E-state index is 0.0461. The number of sulfonamides is 1. The number of rotatable bonds is 10. The van der Waals surface area contributed by atoms with Crippen LogP contribution < -0.4 is 14.8 Å². The van der Waals surface area contributed by atoms with E-state index in [9.17, 15) is 13.2 Å². The smallest absolute Gasteiger partial charge is 0.240 e. The molecule has 0 aromatic heterocycles. The van der Waals surface area contributed by atoms with Crippen LogP contribution in [0.4, 0.5) is 0 Å². The molecule has 124 valence electrons. The van der Waals surface area contributed by atoms with E-state index in [1.54, 1.807) is 19.2 Å². The lowest BCUT2D eigenvalue weighted by Crippen LogP contribution is -2.31. The Balaban J connectivity index is 2.37. The summed E-state index contributed by atoms with van der Waals surface area (Å²) in [5.41, 5.74) is 0. The Hall–Kier alpha value is -1.64. The molecule has 0 saturated carbocycles. The van der Waals surface area contributed by atoms with Gasteiger partial charge >= 0.3 is 0 Å². The predicted octanol–water partition coefficient (Wildman–Crippen LogP) is 0.516. The van der Waals surface area contributed by atoms with Crippen LogP contribution in [-0.4, -0.2) is 48.2 Å². The van der Waals surface area contributed by atoms with Crippen molar-refractivity contribution in [3.63, 3.8) is 0 Å². The molecule has 22 heavy (non-hydrogen) atoms. The summed E-state index contributed by atoms with van der Waals surface area (Å²) in [7, 11) is -0.516. The van der Waals surface area contributed by atoms with Crippen LogP contribution in [0.2, 0.25) is 0 Å². The zero-order valence-corrected chi connectivity index (χ0v) is 13.6. The molecule has 0 heterocycles. The monoisotopic (exact) mass is 330 g/mol. The summed E-state index contributed by atoms with van der Waals surface area (Å²) in [5.74, 6) is 0.378. The van der Waals surface area contributed by atoms with Gasteiger partial charge in [-0.2, -0.15) is 0 Å². The summed E-state index contributed by atoms with van der Waals surface area (Å²) in [6, 6.07) is 6.03. The molecule has 1 aromatic carbocycles. The lowest BCUT2D eigenvalue weighted by atomic mass is 10.3. The van der Waals surface area contributed by atoms with E-state index < -0.39 is 10.0 Å². The molecule has 0 aliphatic rings. The van der Waals surface area contributed by atoms with Crippen LogP contribution in [0.3, 0.4) is 0 Å². The third kappa shape index (κ3) is 6.42. The summed E-state index contributed by atoms with van der Waals surface area (Å²) < 4.78 is 36.3. The van der Waals surface area contributed by atoms with Crippen molar-refractivity contribution in [3.8, 4) is 5.75 Å². The summed E-state index contributed by atoms with van der Waals surface area (Å²) in [6.45, 7) is 1.13. The van der Waals surface area contributed by atoms with Gasteiger partial charge < -0.3 is 14.8 Å². The van der Waals surface area contributed by atoms with E-state index in [-0.39, 0.29) is 23.8 Å². The van der Waals surface area contributed by atoms with Crippen molar-refractivity contribution in [2.75, 3.05) is 33.9 Å². The number of carbonyl (C=O) groups is 1. The van der Waals surface area contributed by atoms with Gasteiger partial charge in [0.2, 0.25) is 15.9 Å². The zero-order valence-electron chi connectivity index (χ0n) is 12.8. The number of hydrogen-bond donors (Lipinski definition) is 2. The van der Waals surface area contributed by atoms with Crippen LogP contribution >= 0.6 is 0 Å². The number of benzene rings is 1. The quantitative estimate of drug-likeness (QED) is 0.610. The fourth-order valence-electron chi connectivity index (χ4n) is 1.67. The molecular weight excluding hydrogens is 308 g/mol. The average molecular weight is 330 g/mol. The van der Waals surface area contributed by atoms with Gasteiger partial charge in [-0.05, 0) is 30.7 Å². The first-order chi connectivity index (χ1) is 10.5. The number of methoxy groups -OCH3 is 2. The number of carbonyl (C=O) groups excluding carboxylic acids is 1. The van der Waals surface area contributed by atoms with Gasteiger partial charge in [0.25, 0.3) is 0 Å². The van der Waals surface area contributed by atoms with Gasteiger partial charge in [0.05, 0.1) is 12.0 Å². The van der Waals surface area contributed by atoms with Gasteiger partial charge in [0.1, 0.15) is 5.75 Å². The number of nitrogens with one attached hydrogen (secondary N) is 2. The Bertz CT molecular complexity index is 557. The van der Waals surface area contributed by atoms with E-state index in [1.165, 1.54) is 19.2 Å². The highest BCUT2D eigenvalue weighted by Crippen LogP contribution is 2.15. The molecule has 0 aliphatic heterocycles. The molecule has 0 atom stereocenters. The normalized spacial score (nSPS) is 11.2. The topological polar surface area (TPSA) is 93.7 Å². The van der Waals surface area contributed by atoms with Crippen molar-refractivity contribution in [3.05, 3.63) is 24.3 Å². The third-order valence-electron chi connectivity index (χ3n) is 2.86. The highest BCUT2D eigenvalue weighted by atomic mass is 32.2. The third-order valence-corrected chi connectivity index (χ3v) is 4.34. The summed E-state index contributed by atoms with van der Waals surface area (Å²) in [4.78, 5) is 11.6. The largest absolute Gasteiger partial charge is 0.497 e. The van der Waals surface area contributed by atoms with Gasteiger partial charge in [-0.3, -0.25) is 4.79 Å². The first-order valence-corrected chi connectivity index (χ1v) is 8.37. The van der Waals surface area contributed by atoms with E-state index in [4.69, 9.17) is 9.47 Å². The summed E-state index contributed by atoms with van der Waals surface area (Å²) in [6.07, 6.45) is 0.808. The Morgan fingerprint density at radius 2 is 1.82 bits per heavy atom. The maximum atomic E-state index is 12.0. The molecule has 0 fully saturated rings. The molecule has 1 aromatic rings. The second-order valence-electron chi connectivity index (χ2n) is 4.52. The molecule has 0 unspecified atom stereocenters. The molecule has 1 amide bonds. The minimum atomic E-state index is -3.62. The number of ether oxygens (including phenoxy) is 2. The Labute approximate surface area is 131 Å². The van der Waals surface area contributed by atoms with Crippen LogP contribution in [-0.2, 0) is 19.6 Å². The Morgan fingerprint density at radius 1 is 1.14 bits per heavy atom. The van der Waals surface area contributed by atoms with E-state index in [0.29, 0.717) is 18.9 Å². The molecule has 0 spiro atoms. The van der Waals surface area contributed by atoms with Crippen molar-refractivity contribution < 1.29 is 22.7 Å². The van der Waals surface area contributed by atoms with Crippen LogP contribution in [0.15, 0.2) is 29.2 Å². The molecular formula is C14H22N2O5S. The lowest BCUT2D eigenvalue weighted by molar-refractivity contribution is -0.120. The fraction of sp³-hybridized carbons (Fsp3) is 0.500. The second-order valence-corrected chi connectivity index (χ2v) is 6.29. The summed E-state index contributed by atoms with van der Waals surface area (Å²) in [5, 5.41) is 2.69. The second kappa shape index (κ2) is 9.39. The van der Waals surface area contributed by atoms with Crippen LogP contribution in [0.25, 0.3) is 0 Å². The first-order valence-electron chi connectivity index (χ1n) is 6.89. The van der Waals surface area contributed by atoms with Gasteiger partial charge in [-0.15, -0.1) is 0 Å². The van der Waals surface area contributed by atoms with Crippen LogP contribution in [0.1, 0.15) is 12.8 Å². The average Bonchev–Trinajstić information content (AvgIpc) is 2.51. The highest BCUT2D eigenvalue weighted by molar-refractivity contribution is 7.89. The lowest BCUT2D eigenvalue weighted by Gasteiger charge is -2.08. The van der Waals surface area contributed by atoms with Gasteiger partial charge in [0, 0.05) is 33.2 Å². The van der Waals surface area contributed by atoms with E-state index in [2.05, 4.69) is 10.0 Å². The molecule has 0 bridgehead atoms. The summed E-state index contributed by atoms with van der Waals surface area (Å²) >= 11 is 0. The van der Waals surface area contributed by atoms with E-state index >= 15 is 0 Å². The molecule has 0 saturated heterocycles. The van der Waals surface area contributed by atoms with Gasteiger partial charge in [0.15, 0.2) is 0 Å². The first kappa shape index (κ1) is 18.4. The number of amides is 1.